The number of aliphatic hydroxyl groups is 2. The zero-order valence-corrected chi connectivity index (χ0v) is 7.75. The summed E-state index contributed by atoms with van der Waals surface area (Å²) in [6, 6.07) is 0. The number of hydrogen-bond acceptors (Lipinski definition) is 2. The van der Waals surface area contributed by atoms with Gasteiger partial charge in [-0.05, 0) is 24.7 Å². The Hall–Kier alpha value is -0.0800. The molecule has 68 valence electrons. The number of aliphatic hydroxyl groups excluding tert-OH is 2. The van der Waals surface area contributed by atoms with Crippen molar-refractivity contribution in [3.8, 4) is 0 Å². The normalized spacial score (nSPS) is 16.9. The van der Waals surface area contributed by atoms with Crippen molar-refractivity contribution in [1.29, 1.82) is 0 Å². The third-order valence-electron chi connectivity index (χ3n) is 2.04. The van der Waals surface area contributed by atoms with E-state index in [0.717, 1.165) is 12.8 Å². The Kier molecular flexibility index (Phi) is 5.51. The molecule has 11 heavy (non-hydrogen) atoms. The summed E-state index contributed by atoms with van der Waals surface area (Å²) in [5.74, 6) is 0.657. The van der Waals surface area contributed by atoms with Crippen molar-refractivity contribution < 1.29 is 10.2 Å². The van der Waals surface area contributed by atoms with Crippen LogP contribution < -0.4 is 0 Å². The van der Waals surface area contributed by atoms with Crippen LogP contribution in [-0.2, 0) is 0 Å². The highest BCUT2D eigenvalue weighted by molar-refractivity contribution is 4.61. The van der Waals surface area contributed by atoms with Gasteiger partial charge in [0.1, 0.15) is 0 Å². The molecule has 0 aromatic heterocycles. The van der Waals surface area contributed by atoms with E-state index < -0.39 is 0 Å². The van der Waals surface area contributed by atoms with E-state index in [9.17, 15) is 5.11 Å². The van der Waals surface area contributed by atoms with Crippen molar-refractivity contribution in [2.24, 2.45) is 11.8 Å². The average Bonchev–Trinajstić information content (AvgIpc) is 1.99. The van der Waals surface area contributed by atoms with Gasteiger partial charge in [-0.2, -0.15) is 0 Å². The molecule has 0 aliphatic carbocycles. The molecule has 0 aromatic rings. The van der Waals surface area contributed by atoms with Crippen molar-refractivity contribution in [2.45, 2.75) is 39.7 Å². The molecule has 0 saturated carbocycles. The fourth-order valence-electron chi connectivity index (χ4n) is 0.880. The summed E-state index contributed by atoms with van der Waals surface area (Å²) in [4.78, 5) is 0. The molecule has 0 aliphatic rings. The molecular formula is C9H20O2. The van der Waals surface area contributed by atoms with E-state index in [1.807, 2.05) is 20.8 Å². The molecule has 2 unspecified atom stereocenters. The molecule has 0 aliphatic heterocycles. The average molecular weight is 160 g/mol. The summed E-state index contributed by atoms with van der Waals surface area (Å²) in [5.41, 5.74) is 0. The van der Waals surface area contributed by atoms with Gasteiger partial charge in [-0.3, -0.25) is 0 Å². The Morgan fingerprint density at radius 3 is 2.00 bits per heavy atom. The molecule has 0 radical (unpaired) electrons. The topological polar surface area (TPSA) is 40.5 Å². The van der Waals surface area contributed by atoms with E-state index in [-0.39, 0.29) is 12.7 Å². The van der Waals surface area contributed by atoms with Crippen LogP contribution in [0.25, 0.3) is 0 Å². The fraction of sp³-hybridized carbons (Fsp3) is 1.00. The zero-order chi connectivity index (χ0) is 8.85. The van der Waals surface area contributed by atoms with Crippen LogP contribution in [0.3, 0.4) is 0 Å². The first-order chi connectivity index (χ1) is 5.07. The van der Waals surface area contributed by atoms with E-state index >= 15 is 0 Å². The lowest BCUT2D eigenvalue weighted by Gasteiger charge is -2.15. The number of rotatable bonds is 5. The molecule has 2 atom stereocenters. The van der Waals surface area contributed by atoms with Crippen LogP contribution in [0.15, 0.2) is 0 Å². The molecule has 2 nitrogen and oxygen atoms in total. The first-order valence-corrected chi connectivity index (χ1v) is 4.36. The van der Waals surface area contributed by atoms with Gasteiger partial charge in [0.25, 0.3) is 0 Å². The van der Waals surface area contributed by atoms with Crippen molar-refractivity contribution in [3.63, 3.8) is 0 Å². The molecule has 0 heterocycles. The molecule has 0 amide bonds. The molecule has 0 spiro atoms. The van der Waals surface area contributed by atoms with Crippen LogP contribution in [-0.4, -0.2) is 22.9 Å². The highest BCUT2D eigenvalue weighted by atomic mass is 16.3. The first kappa shape index (κ1) is 10.9. The van der Waals surface area contributed by atoms with E-state index in [4.69, 9.17) is 5.11 Å². The molecule has 0 bridgehead atoms. The summed E-state index contributed by atoms with van der Waals surface area (Å²) < 4.78 is 0. The summed E-state index contributed by atoms with van der Waals surface area (Å²) in [5, 5.41) is 18.1. The van der Waals surface area contributed by atoms with E-state index in [2.05, 4.69) is 0 Å². The van der Waals surface area contributed by atoms with E-state index in [1.54, 1.807) is 0 Å². The third-order valence-corrected chi connectivity index (χ3v) is 2.04. The van der Waals surface area contributed by atoms with Crippen LogP contribution in [0.4, 0.5) is 0 Å². The lowest BCUT2D eigenvalue weighted by atomic mass is 9.98. The maximum absolute atomic E-state index is 9.39. The zero-order valence-electron chi connectivity index (χ0n) is 7.75. The van der Waals surface area contributed by atoms with Crippen molar-refractivity contribution in [1.82, 2.24) is 0 Å². The van der Waals surface area contributed by atoms with Gasteiger partial charge in [-0.15, -0.1) is 0 Å². The maximum atomic E-state index is 9.39. The van der Waals surface area contributed by atoms with Gasteiger partial charge < -0.3 is 10.2 Å². The van der Waals surface area contributed by atoms with Gasteiger partial charge in [0, 0.05) is 6.61 Å². The lowest BCUT2D eigenvalue weighted by Crippen LogP contribution is -2.16. The largest absolute Gasteiger partial charge is 0.396 e. The Labute approximate surface area is 69.2 Å². The van der Waals surface area contributed by atoms with Crippen LogP contribution in [0.2, 0.25) is 0 Å². The Bertz CT molecular complexity index is 91.6. The standard InChI is InChI=1S/C9H20O2/c1-7(2)9(11)5-4-8(3)6-10/h7-11H,4-6H2,1-3H3. The molecule has 2 heteroatoms. The number of hydrogen-bond donors (Lipinski definition) is 2. The first-order valence-electron chi connectivity index (χ1n) is 4.36. The van der Waals surface area contributed by atoms with Gasteiger partial charge >= 0.3 is 0 Å². The molecule has 2 N–H and O–H groups in total. The quantitative estimate of drug-likeness (QED) is 0.638. The van der Waals surface area contributed by atoms with Crippen LogP contribution >= 0.6 is 0 Å². The Morgan fingerprint density at radius 2 is 1.64 bits per heavy atom. The minimum atomic E-state index is -0.205. The highest BCUT2D eigenvalue weighted by Crippen LogP contribution is 2.12. The summed E-state index contributed by atoms with van der Waals surface area (Å²) >= 11 is 0. The van der Waals surface area contributed by atoms with E-state index in [0.29, 0.717) is 11.8 Å². The highest BCUT2D eigenvalue weighted by Gasteiger charge is 2.10. The minimum Gasteiger partial charge on any atom is -0.396 e. The summed E-state index contributed by atoms with van der Waals surface area (Å²) in [6.45, 7) is 6.24. The summed E-state index contributed by atoms with van der Waals surface area (Å²) in [6.07, 6.45) is 1.51. The van der Waals surface area contributed by atoms with Gasteiger partial charge in [-0.25, -0.2) is 0 Å². The van der Waals surface area contributed by atoms with Crippen molar-refractivity contribution >= 4 is 0 Å². The third kappa shape index (κ3) is 5.22. The van der Waals surface area contributed by atoms with Gasteiger partial charge in [0.15, 0.2) is 0 Å². The molecule has 0 rings (SSSR count). The fourth-order valence-corrected chi connectivity index (χ4v) is 0.880. The minimum absolute atomic E-state index is 0.205. The molecular weight excluding hydrogens is 140 g/mol. The lowest BCUT2D eigenvalue weighted by molar-refractivity contribution is 0.103. The SMILES string of the molecule is CC(CO)CCC(O)C(C)C. The summed E-state index contributed by atoms with van der Waals surface area (Å²) in [7, 11) is 0. The van der Waals surface area contributed by atoms with Gasteiger partial charge in [0.05, 0.1) is 6.10 Å². The van der Waals surface area contributed by atoms with Gasteiger partial charge in [-0.1, -0.05) is 20.8 Å². The van der Waals surface area contributed by atoms with Crippen LogP contribution in [0.5, 0.6) is 0 Å². The van der Waals surface area contributed by atoms with Crippen LogP contribution in [0, 0.1) is 11.8 Å². The second-order valence-corrected chi connectivity index (χ2v) is 3.68. The van der Waals surface area contributed by atoms with E-state index in [1.165, 1.54) is 0 Å². The molecule has 0 saturated heterocycles. The second kappa shape index (κ2) is 5.56. The second-order valence-electron chi connectivity index (χ2n) is 3.68. The van der Waals surface area contributed by atoms with Crippen molar-refractivity contribution in [3.05, 3.63) is 0 Å². The van der Waals surface area contributed by atoms with Crippen LogP contribution in [0.1, 0.15) is 33.6 Å². The van der Waals surface area contributed by atoms with Gasteiger partial charge in [0.2, 0.25) is 0 Å². The predicted octanol–water partition coefficient (Wildman–Crippen LogP) is 1.41. The maximum Gasteiger partial charge on any atom is 0.0563 e. The monoisotopic (exact) mass is 160 g/mol. The molecule has 0 aromatic carbocycles. The Morgan fingerprint density at radius 1 is 1.09 bits per heavy atom. The predicted molar refractivity (Wildman–Crippen MR) is 46.3 cm³/mol. The smallest absolute Gasteiger partial charge is 0.0563 e. The molecule has 0 fully saturated rings. The Balaban J connectivity index is 3.37. The van der Waals surface area contributed by atoms with Crippen molar-refractivity contribution in [2.75, 3.05) is 6.61 Å².